The Hall–Kier alpha value is -1.61. The number of para-hydroxylation sites is 1. The summed E-state index contributed by atoms with van der Waals surface area (Å²) in [5, 5.41) is 0.505. The zero-order chi connectivity index (χ0) is 14.7. The van der Waals surface area contributed by atoms with Crippen molar-refractivity contribution in [3.8, 4) is 17.0 Å². The van der Waals surface area contributed by atoms with E-state index in [4.69, 9.17) is 16.3 Å². The minimum atomic E-state index is 0.228. The van der Waals surface area contributed by atoms with Crippen LogP contribution in [-0.4, -0.2) is 16.6 Å². The zero-order valence-corrected chi connectivity index (χ0v) is 13.0. The van der Waals surface area contributed by atoms with Crippen LogP contribution in [0, 0.1) is 6.92 Å². The van der Waals surface area contributed by atoms with E-state index in [9.17, 15) is 0 Å². The van der Waals surface area contributed by atoms with Crippen LogP contribution < -0.4 is 4.74 Å². The first kappa shape index (κ1) is 14.8. The largest absolute Gasteiger partial charge is 0.493 e. The third kappa shape index (κ3) is 2.93. The van der Waals surface area contributed by atoms with Crippen molar-refractivity contribution in [3.63, 3.8) is 0 Å². The summed E-state index contributed by atoms with van der Waals surface area (Å²) in [5.74, 6) is 1.80. The van der Waals surface area contributed by atoms with Gasteiger partial charge in [0, 0.05) is 17.0 Å². The molecule has 2 rings (SSSR count). The van der Waals surface area contributed by atoms with E-state index in [0.29, 0.717) is 11.8 Å². The second-order valence-corrected chi connectivity index (χ2v) is 5.29. The van der Waals surface area contributed by atoms with Crippen LogP contribution in [0.25, 0.3) is 11.3 Å². The fraction of sp³-hybridized carbons (Fsp3) is 0.375. The van der Waals surface area contributed by atoms with Gasteiger partial charge >= 0.3 is 0 Å². The van der Waals surface area contributed by atoms with E-state index in [1.54, 1.807) is 0 Å². The van der Waals surface area contributed by atoms with Gasteiger partial charge in [-0.2, -0.15) is 0 Å². The summed E-state index contributed by atoms with van der Waals surface area (Å²) < 4.78 is 5.68. The number of nitrogens with zero attached hydrogens (tertiary/aromatic N) is 2. The summed E-state index contributed by atoms with van der Waals surface area (Å²) >= 11 is 6.25. The lowest BCUT2D eigenvalue weighted by atomic mass is 10.1. The van der Waals surface area contributed by atoms with Crippen molar-refractivity contribution in [1.29, 1.82) is 0 Å². The highest BCUT2D eigenvalue weighted by Gasteiger charge is 2.16. The summed E-state index contributed by atoms with van der Waals surface area (Å²) in [6.07, 6.45) is 0. The highest BCUT2D eigenvalue weighted by molar-refractivity contribution is 6.30. The van der Waals surface area contributed by atoms with E-state index in [0.717, 1.165) is 28.4 Å². The van der Waals surface area contributed by atoms with E-state index in [1.807, 2.05) is 38.1 Å². The monoisotopic (exact) mass is 290 g/mol. The quantitative estimate of drug-likeness (QED) is 0.770. The van der Waals surface area contributed by atoms with Crippen molar-refractivity contribution in [1.82, 2.24) is 9.97 Å². The lowest BCUT2D eigenvalue weighted by molar-refractivity contribution is 0.341. The number of halogens is 1. The minimum absolute atomic E-state index is 0.228. The highest BCUT2D eigenvalue weighted by atomic mass is 35.5. The number of aromatic nitrogens is 2. The molecule has 2 aromatic rings. The van der Waals surface area contributed by atoms with Crippen LogP contribution in [-0.2, 0) is 0 Å². The van der Waals surface area contributed by atoms with Gasteiger partial charge in [-0.05, 0) is 26.0 Å². The first-order valence-electron chi connectivity index (χ1n) is 6.80. The van der Waals surface area contributed by atoms with E-state index >= 15 is 0 Å². The van der Waals surface area contributed by atoms with Crippen molar-refractivity contribution in [2.75, 3.05) is 6.61 Å². The van der Waals surface area contributed by atoms with Crippen molar-refractivity contribution in [3.05, 3.63) is 40.8 Å². The van der Waals surface area contributed by atoms with Gasteiger partial charge in [-0.15, -0.1) is 0 Å². The standard InChI is InChI=1S/C16H19ClN2O/c1-5-20-13-9-7-6-8-12(13)14-11(4)15(17)19-16(18-14)10(2)3/h6-10H,5H2,1-4H3. The normalized spacial score (nSPS) is 10.9. The molecule has 1 aromatic carbocycles. The molecule has 0 aliphatic heterocycles. The van der Waals surface area contributed by atoms with Gasteiger partial charge < -0.3 is 4.74 Å². The Morgan fingerprint density at radius 1 is 1.20 bits per heavy atom. The third-order valence-corrected chi connectivity index (χ3v) is 3.43. The minimum Gasteiger partial charge on any atom is -0.493 e. The van der Waals surface area contributed by atoms with Crippen molar-refractivity contribution >= 4 is 11.6 Å². The topological polar surface area (TPSA) is 35.0 Å². The SMILES string of the molecule is CCOc1ccccc1-c1nc(C(C)C)nc(Cl)c1C. The molecule has 0 aliphatic rings. The van der Waals surface area contributed by atoms with Gasteiger partial charge in [0.1, 0.15) is 16.7 Å². The van der Waals surface area contributed by atoms with Crippen LogP contribution in [0.2, 0.25) is 5.15 Å². The van der Waals surface area contributed by atoms with Crippen LogP contribution in [0.3, 0.4) is 0 Å². The van der Waals surface area contributed by atoms with Crippen molar-refractivity contribution in [2.45, 2.75) is 33.6 Å². The number of hydrogen-bond donors (Lipinski definition) is 0. The molecule has 1 aromatic heterocycles. The molecule has 0 aliphatic carbocycles. The Morgan fingerprint density at radius 3 is 2.55 bits per heavy atom. The molecular formula is C16H19ClN2O. The molecule has 20 heavy (non-hydrogen) atoms. The maximum absolute atomic E-state index is 6.25. The number of ether oxygens (including phenoxy) is 1. The van der Waals surface area contributed by atoms with Gasteiger partial charge in [0.05, 0.1) is 12.3 Å². The molecule has 0 unspecified atom stereocenters. The average molecular weight is 291 g/mol. The van der Waals surface area contributed by atoms with Crippen LogP contribution in [0.1, 0.15) is 38.1 Å². The Balaban J connectivity index is 2.63. The second-order valence-electron chi connectivity index (χ2n) is 4.93. The van der Waals surface area contributed by atoms with E-state index < -0.39 is 0 Å². The van der Waals surface area contributed by atoms with Gasteiger partial charge in [-0.25, -0.2) is 9.97 Å². The van der Waals surface area contributed by atoms with Gasteiger partial charge in [-0.3, -0.25) is 0 Å². The Labute approximate surface area is 125 Å². The summed E-state index contributed by atoms with van der Waals surface area (Å²) in [7, 11) is 0. The molecular weight excluding hydrogens is 272 g/mol. The third-order valence-electron chi connectivity index (χ3n) is 3.06. The molecule has 0 radical (unpaired) electrons. The van der Waals surface area contributed by atoms with E-state index in [1.165, 1.54) is 0 Å². The summed E-state index contributed by atoms with van der Waals surface area (Å²) in [5.41, 5.74) is 2.68. The lowest BCUT2D eigenvalue weighted by Crippen LogP contribution is -2.03. The molecule has 4 heteroatoms. The maximum Gasteiger partial charge on any atom is 0.136 e. The van der Waals surface area contributed by atoms with Crippen LogP contribution in [0.4, 0.5) is 0 Å². The first-order valence-corrected chi connectivity index (χ1v) is 7.18. The Morgan fingerprint density at radius 2 is 1.90 bits per heavy atom. The molecule has 0 amide bonds. The lowest BCUT2D eigenvalue weighted by Gasteiger charge is -2.14. The van der Waals surface area contributed by atoms with Crippen LogP contribution >= 0.6 is 11.6 Å². The first-order chi connectivity index (χ1) is 9.54. The summed E-state index contributed by atoms with van der Waals surface area (Å²) in [6.45, 7) is 8.63. The highest BCUT2D eigenvalue weighted by Crippen LogP contribution is 2.33. The smallest absolute Gasteiger partial charge is 0.136 e. The van der Waals surface area contributed by atoms with Crippen LogP contribution in [0.15, 0.2) is 24.3 Å². The number of benzene rings is 1. The van der Waals surface area contributed by atoms with Gasteiger partial charge in [0.15, 0.2) is 0 Å². The predicted molar refractivity (Wildman–Crippen MR) is 82.5 cm³/mol. The van der Waals surface area contributed by atoms with Gasteiger partial charge in [-0.1, -0.05) is 37.6 Å². The molecule has 1 heterocycles. The molecule has 0 fully saturated rings. The number of hydrogen-bond acceptors (Lipinski definition) is 3. The number of rotatable bonds is 4. The summed E-state index contributed by atoms with van der Waals surface area (Å²) in [4.78, 5) is 9.02. The molecule has 0 saturated heterocycles. The van der Waals surface area contributed by atoms with Crippen molar-refractivity contribution < 1.29 is 4.74 Å². The Kier molecular flexibility index (Phi) is 4.61. The zero-order valence-electron chi connectivity index (χ0n) is 12.3. The van der Waals surface area contributed by atoms with Crippen LogP contribution in [0.5, 0.6) is 5.75 Å². The summed E-state index contributed by atoms with van der Waals surface area (Å²) in [6, 6.07) is 7.88. The average Bonchev–Trinajstić information content (AvgIpc) is 2.43. The molecule has 0 N–H and O–H groups in total. The van der Waals surface area contributed by atoms with Gasteiger partial charge in [0.2, 0.25) is 0 Å². The predicted octanol–water partition coefficient (Wildman–Crippen LogP) is 4.63. The molecule has 3 nitrogen and oxygen atoms in total. The molecule has 0 atom stereocenters. The molecule has 0 saturated carbocycles. The van der Waals surface area contributed by atoms with E-state index in [-0.39, 0.29) is 5.92 Å². The fourth-order valence-corrected chi connectivity index (χ4v) is 2.15. The maximum atomic E-state index is 6.25. The Bertz CT molecular complexity index is 611. The fourth-order valence-electron chi connectivity index (χ4n) is 1.97. The molecule has 0 bridgehead atoms. The van der Waals surface area contributed by atoms with Gasteiger partial charge in [0.25, 0.3) is 0 Å². The molecule has 106 valence electrons. The van der Waals surface area contributed by atoms with Crippen molar-refractivity contribution in [2.24, 2.45) is 0 Å². The second kappa shape index (κ2) is 6.23. The van der Waals surface area contributed by atoms with E-state index in [2.05, 4.69) is 23.8 Å². The molecule has 0 spiro atoms.